The lowest BCUT2D eigenvalue weighted by Gasteiger charge is -2.33. The molecule has 0 saturated heterocycles. The van der Waals surface area contributed by atoms with Gasteiger partial charge in [-0.15, -0.1) is 6.42 Å². The molecule has 0 bridgehead atoms. The van der Waals surface area contributed by atoms with Crippen LogP contribution in [0, 0.1) is 23.7 Å². The van der Waals surface area contributed by atoms with Gasteiger partial charge < -0.3 is 18.9 Å². The van der Waals surface area contributed by atoms with E-state index in [2.05, 4.69) is 12.0 Å². The largest absolute Gasteiger partial charge is 0.492 e. The number of carbonyl (C=O) groups is 1. The van der Waals surface area contributed by atoms with Crippen LogP contribution in [0.2, 0.25) is 0 Å². The van der Waals surface area contributed by atoms with Crippen molar-refractivity contribution in [2.75, 3.05) is 21.3 Å². The third kappa shape index (κ3) is 3.50. The predicted octanol–water partition coefficient (Wildman–Crippen LogP) is 3.48. The highest BCUT2D eigenvalue weighted by Gasteiger charge is 2.37. The lowest BCUT2D eigenvalue weighted by Crippen LogP contribution is -2.37. The van der Waals surface area contributed by atoms with Crippen molar-refractivity contribution in [3.05, 3.63) is 22.9 Å². The number of hydrogen-bond acceptors (Lipinski definition) is 6. The second kappa shape index (κ2) is 7.51. The minimum absolute atomic E-state index is 0.260. The maximum Gasteiger partial charge on any atom is 0.415 e. The van der Waals surface area contributed by atoms with Gasteiger partial charge in [0.1, 0.15) is 5.60 Å². The normalized spacial score (nSPS) is 15.3. The highest BCUT2D eigenvalue weighted by atomic mass is 16.6. The summed E-state index contributed by atoms with van der Waals surface area (Å²) in [5.41, 5.74) is 0.571. The van der Waals surface area contributed by atoms with Crippen molar-refractivity contribution in [3.8, 4) is 35.7 Å². The van der Waals surface area contributed by atoms with E-state index in [1.807, 2.05) is 0 Å². The molecule has 0 spiro atoms. The number of hydrogen-bond donors (Lipinski definition) is 0. The SMILES string of the molecule is C#Cc1c(OC)c(OC)c(OC)c2c1C(C#N)N(C(=O)OC(C)(C)C)C=C2. The third-order valence-electron chi connectivity index (χ3n) is 3.88. The lowest BCUT2D eigenvalue weighted by atomic mass is 9.90. The predicted molar refractivity (Wildman–Crippen MR) is 99.5 cm³/mol. The van der Waals surface area contributed by atoms with E-state index in [1.165, 1.54) is 32.4 Å². The Bertz CT molecular complexity index is 869. The van der Waals surface area contributed by atoms with Gasteiger partial charge in [0, 0.05) is 17.3 Å². The summed E-state index contributed by atoms with van der Waals surface area (Å²) in [7, 11) is 4.38. The first-order valence-electron chi connectivity index (χ1n) is 8.15. The zero-order chi connectivity index (χ0) is 20.4. The Balaban J connectivity index is 2.75. The van der Waals surface area contributed by atoms with Gasteiger partial charge in [-0.25, -0.2) is 4.79 Å². The van der Waals surface area contributed by atoms with E-state index in [1.54, 1.807) is 26.8 Å². The summed E-state index contributed by atoms with van der Waals surface area (Å²) in [6.45, 7) is 5.24. The van der Waals surface area contributed by atoms with E-state index in [9.17, 15) is 10.1 Å². The number of terminal acetylenes is 1. The quantitative estimate of drug-likeness (QED) is 0.758. The topological polar surface area (TPSA) is 81.0 Å². The van der Waals surface area contributed by atoms with Gasteiger partial charge in [-0.3, -0.25) is 4.90 Å². The molecule has 27 heavy (non-hydrogen) atoms. The molecule has 1 aliphatic heterocycles. The van der Waals surface area contributed by atoms with Crippen LogP contribution in [0.25, 0.3) is 6.08 Å². The fraction of sp³-hybridized carbons (Fsp3) is 0.400. The van der Waals surface area contributed by atoms with Crippen LogP contribution in [0.1, 0.15) is 43.5 Å². The molecule has 1 heterocycles. The lowest BCUT2D eigenvalue weighted by molar-refractivity contribution is 0.0298. The summed E-state index contributed by atoms with van der Waals surface area (Å²) in [5, 5.41) is 9.81. The zero-order valence-corrected chi connectivity index (χ0v) is 16.2. The van der Waals surface area contributed by atoms with Crippen LogP contribution in [0.5, 0.6) is 17.2 Å². The first-order chi connectivity index (χ1) is 12.7. The molecular formula is C20H22N2O5. The first-order valence-corrected chi connectivity index (χ1v) is 8.15. The van der Waals surface area contributed by atoms with Gasteiger partial charge in [0.05, 0.1) is 33.0 Å². The van der Waals surface area contributed by atoms with Crippen LogP contribution in [0.15, 0.2) is 6.20 Å². The molecule has 0 fully saturated rings. The van der Waals surface area contributed by atoms with Crippen molar-refractivity contribution in [3.63, 3.8) is 0 Å². The van der Waals surface area contributed by atoms with E-state index in [4.69, 9.17) is 25.4 Å². The molecule has 1 amide bonds. The molecule has 142 valence electrons. The number of methoxy groups -OCH3 is 3. The minimum Gasteiger partial charge on any atom is -0.492 e. The summed E-state index contributed by atoms with van der Waals surface area (Å²) in [6, 6.07) is 1.10. The van der Waals surface area contributed by atoms with Gasteiger partial charge in [0.2, 0.25) is 5.75 Å². The van der Waals surface area contributed by atoms with Crippen molar-refractivity contribution < 1.29 is 23.7 Å². The molecule has 0 N–H and O–H groups in total. The van der Waals surface area contributed by atoms with Crippen molar-refractivity contribution in [1.29, 1.82) is 5.26 Å². The van der Waals surface area contributed by atoms with Crippen LogP contribution in [0.4, 0.5) is 4.79 Å². The first kappa shape index (κ1) is 20.0. The Morgan fingerprint density at radius 3 is 2.19 bits per heavy atom. The van der Waals surface area contributed by atoms with Gasteiger partial charge >= 0.3 is 6.09 Å². The van der Waals surface area contributed by atoms with Crippen LogP contribution in [0.3, 0.4) is 0 Å². The third-order valence-corrected chi connectivity index (χ3v) is 3.88. The van der Waals surface area contributed by atoms with E-state index in [0.29, 0.717) is 28.2 Å². The zero-order valence-electron chi connectivity index (χ0n) is 16.2. The second-order valence-corrected chi connectivity index (χ2v) is 6.68. The molecule has 1 unspecified atom stereocenters. The molecule has 7 heteroatoms. The Kier molecular flexibility index (Phi) is 5.56. The number of fused-ring (bicyclic) bond motifs is 1. The summed E-state index contributed by atoms with van der Waals surface area (Å²) in [5.74, 6) is 3.49. The van der Waals surface area contributed by atoms with E-state index in [-0.39, 0.29) is 5.75 Å². The Morgan fingerprint density at radius 2 is 1.74 bits per heavy atom. The summed E-state index contributed by atoms with van der Waals surface area (Å²) in [4.78, 5) is 13.8. The molecule has 1 aromatic rings. The molecule has 0 radical (unpaired) electrons. The van der Waals surface area contributed by atoms with Gasteiger partial charge in [0.25, 0.3) is 0 Å². The molecular weight excluding hydrogens is 348 g/mol. The highest BCUT2D eigenvalue weighted by molar-refractivity contribution is 5.81. The fourth-order valence-electron chi connectivity index (χ4n) is 2.88. The number of ether oxygens (including phenoxy) is 4. The number of nitriles is 1. The Labute approximate surface area is 159 Å². The van der Waals surface area contributed by atoms with Gasteiger partial charge in [0.15, 0.2) is 17.5 Å². The number of rotatable bonds is 3. The monoisotopic (exact) mass is 370 g/mol. The molecule has 1 aliphatic rings. The molecule has 0 saturated carbocycles. The minimum atomic E-state index is -1.01. The van der Waals surface area contributed by atoms with Gasteiger partial charge in [-0.2, -0.15) is 5.26 Å². The van der Waals surface area contributed by atoms with Crippen LogP contribution in [-0.2, 0) is 4.74 Å². The van der Waals surface area contributed by atoms with Gasteiger partial charge in [-0.05, 0) is 26.8 Å². The highest BCUT2D eigenvalue weighted by Crippen LogP contribution is 2.49. The number of nitrogens with zero attached hydrogens (tertiary/aromatic N) is 2. The Hall–Kier alpha value is -3.32. The molecule has 0 aromatic heterocycles. The molecule has 1 aromatic carbocycles. The van der Waals surface area contributed by atoms with E-state index in [0.717, 1.165) is 0 Å². The number of benzene rings is 1. The second-order valence-electron chi connectivity index (χ2n) is 6.68. The van der Waals surface area contributed by atoms with Gasteiger partial charge in [-0.1, -0.05) is 5.92 Å². The fourth-order valence-corrected chi connectivity index (χ4v) is 2.88. The molecule has 7 nitrogen and oxygen atoms in total. The van der Waals surface area contributed by atoms with E-state index < -0.39 is 17.7 Å². The number of carbonyl (C=O) groups excluding carboxylic acids is 1. The average Bonchev–Trinajstić information content (AvgIpc) is 2.63. The standard InChI is InChI=1S/C20H22N2O5/c1-8-12-15-13(17(25-6)18(26-7)16(12)24-5)9-10-22(14(15)11-21)19(23)27-20(2,3)4/h1,9-10,14H,2-7H3. The van der Waals surface area contributed by atoms with Crippen molar-refractivity contribution in [1.82, 2.24) is 4.90 Å². The van der Waals surface area contributed by atoms with Crippen LogP contribution < -0.4 is 14.2 Å². The molecule has 1 atom stereocenters. The summed E-state index contributed by atoms with van der Waals surface area (Å²) >= 11 is 0. The summed E-state index contributed by atoms with van der Waals surface area (Å²) < 4.78 is 21.7. The smallest absolute Gasteiger partial charge is 0.415 e. The maximum absolute atomic E-state index is 12.6. The van der Waals surface area contributed by atoms with E-state index >= 15 is 0 Å². The molecule has 2 rings (SSSR count). The van der Waals surface area contributed by atoms with Crippen LogP contribution in [-0.4, -0.2) is 37.9 Å². The average molecular weight is 370 g/mol. The van der Waals surface area contributed by atoms with Crippen molar-refractivity contribution in [2.24, 2.45) is 0 Å². The number of amides is 1. The van der Waals surface area contributed by atoms with Crippen LogP contribution >= 0.6 is 0 Å². The van der Waals surface area contributed by atoms with Crippen molar-refractivity contribution >= 4 is 12.2 Å². The van der Waals surface area contributed by atoms with Crippen molar-refractivity contribution in [2.45, 2.75) is 32.4 Å². The maximum atomic E-state index is 12.6. The Morgan fingerprint density at radius 1 is 1.15 bits per heavy atom. The molecule has 0 aliphatic carbocycles. The summed E-state index contributed by atoms with van der Waals surface area (Å²) in [6.07, 6.45) is 8.16.